The van der Waals surface area contributed by atoms with E-state index in [0.717, 1.165) is 5.69 Å². The number of amides is 1. The summed E-state index contributed by atoms with van der Waals surface area (Å²) in [6.07, 6.45) is 2.85. The summed E-state index contributed by atoms with van der Waals surface area (Å²) < 4.78 is 5.38. The Morgan fingerprint density at radius 2 is 2.28 bits per heavy atom. The van der Waals surface area contributed by atoms with Crippen molar-refractivity contribution in [3.05, 3.63) is 40.0 Å². The molecular weight excluding hydrogens is 338 g/mol. The number of rotatable bonds is 5. The van der Waals surface area contributed by atoms with E-state index in [0.29, 0.717) is 42.8 Å². The maximum atomic E-state index is 12.3. The molecule has 1 saturated carbocycles. The lowest BCUT2D eigenvalue weighted by atomic mass is 10.1. The van der Waals surface area contributed by atoms with E-state index in [9.17, 15) is 4.79 Å². The van der Waals surface area contributed by atoms with Gasteiger partial charge in [0.2, 0.25) is 5.91 Å². The molecule has 7 nitrogen and oxygen atoms in total. The number of nitrogens with zero attached hydrogens (tertiary/aromatic N) is 4. The highest BCUT2D eigenvalue weighted by Crippen LogP contribution is 2.40. The monoisotopic (exact) mass is 355 g/mol. The van der Waals surface area contributed by atoms with Crippen molar-refractivity contribution in [2.45, 2.75) is 37.6 Å². The molecule has 1 aliphatic heterocycles. The fraction of sp³-hybridized carbons (Fsp3) is 0.412. The van der Waals surface area contributed by atoms with Crippen LogP contribution in [0.4, 0.5) is 0 Å². The predicted molar refractivity (Wildman–Crippen MR) is 90.9 cm³/mol. The van der Waals surface area contributed by atoms with E-state index in [-0.39, 0.29) is 11.8 Å². The SMILES string of the molecule is O=C1C[C@@H](c2noc(-c3cc(C4CC4)[nH]n3)n2)CN1Cc1cccs1. The van der Waals surface area contributed by atoms with Crippen LogP contribution in [0.25, 0.3) is 11.6 Å². The molecule has 1 saturated heterocycles. The van der Waals surface area contributed by atoms with Gasteiger partial charge in [-0.15, -0.1) is 11.3 Å². The van der Waals surface area contributed by atoms with Crippen molar-refractivity contribution in [3.8, 4) is 11.6 Å². The second-order valence-corrected chi connectivity index (χ2v) is 7.73. The van der Waals surface area contributed by atoms with Gasteiger partial charge in [-0.1, -0.05) is 11.2 Å². The molecule has 0 unspecified atom stereocenters. The van der Waals surface area contributed by atoms with E-state index < -0.39 is 0 Å². The van der Waals surface area contributed by atoms with Crippen LogP contribution in [0.1, 0.15) is 47.5 Å². The van der Waals surface area contributed by atoms with Crippen LogP contribution in [-0.4, -0.2) is 37.7 Å². The number of thiophene rings is 1. The first-order chi connectivity index (χ1) is 12.3. The number of H-pyrrole nitrogens is 1. The molecule has 1 amide bonds. The summed E-state index contributed by atoms with van der Waals surface area (Å²) in [5, 5.41) is 13.4. The highest BCUT2D eigenvalue weighted by Gasteiger charge is 2.34. The normalized spacial score (nSPS) is 20.6. The molecule has 3 aromatic heterocycles. The minimum absolute atomic E-state index is 0.0215. The molecule has 2 aliphatic rings. The van der Waals surface area contributed by atoms with E-state index in [4.69, 9.17) is 4.52 Å². The van der Waals surface area contributed by atoms with Crippen LogP contribution in [0.15, 0.2) is 28.1 Å². The Labute approximate surface area is 148 Å². The molecule has 0 aromatic carbocycles. The van der Waals surface area contributed by atoms with Crippen molar-refractivity contribution in [1.29, 1.82) is 0 Å². The highest BCUT2D eigenvalue weighted by atomic mass is 32.1. The lowest BCUT2D eigenvalue weighted by Crippen LogP contribution is -2.23. The second kappa shape index (κ2) is 5.80. The Morgan fingerprint density at radius 3 is 3.08 bits per heavy atom. The zero-order valence-corrected chi connectivity index (χ0v) is 14.3. The first-order valence-electron chi connectivity index (χ1n) is 8.45. The molecule has 0 radical (unpaired) electrons. The predicted octanol–water partition coefficient (Wildman–Crippen LogP) is 2.91. The molecule has 25 heavy (non-hydrogen) atoms. The lowest BCUT2D eigenvalue weighted by molar-refractivity contribution is -0.128. The Kier molecular flexibility index (Phi) is 3.44. The largest absolute Gasteiger partial charge is 0.337 e. The molecule has 1 atom stereocenters. The zero-order valence-electron chi connectivity index (χ0n) is 13.5. The summed E-state index contributed by atoms with van der Waals surface area (Å²) in [5.41, 5.74) is 1.81. The van der Waals surface area contributed by atoms with Crippen LogP contribution in [0.3, 0.4) is 0 Å². The van der Waals surface area contributed by atoms with E-state index in [1.54, 1.807) is 11.3 Å². The van der Waals surface area contributed by atoms with Crippen molar-refractivity contribution in [3.63, 3.8) is 0 Å². The Balaban J connectivity index is 1.30. The van der Waals surface area contributed by atoms with E-state index in [1.807, 2.05) is 28.5 Å². The molecule has 2 fully saturated rings. The van der Waals surface area contributed by atoms with Gasteiger partial charge in [-0.3, -0.25) is 9.89 Å². The van der Waals surface area contributed by atoms with Gasteiger partial charge in [0.05, 0.1) is 6.54 Å². The molecule has 0 bridgehead atoms. The molecule has 0 spiro atoms. The quantitative estimate of drug-likeness (QED) is 0.760. The van der Waals surface area contributed by atoms with Crippen molar-refractivity contribution < 1.29 is 9.32 Å². The zero-order chi connectivity index (χ0) is 16.8. The first kappa shape index (κ1) is 14.8. The maximum Gasteiger partial charge on any atom is 0.278 e. The van der Waals surface area contributed by atoms with Crippen LogP contribution in [0, 0.1) is 0 Å². The number of likely N-dealkylation sites (tertiary alicyclic amines) is 1. The van der Waals surface area contributed by atoms with Crippen LogP contribution in [-0.2, 0) is 11.3 Å². The van der Waals surface area contributed by atoms with Gasteiger partial charge >= 0.3 is 0 Å². The molecule has 4 heterocycles. The Morgan fingerprint density at radius 1 is 1.36 bits per heavy atom. The van der Waals surface area contributed by atoms with E-state index in [2.05, 4.69) is 20.3 Å². The van der Waals surface area contributed by atoms with Crippen molar-refractivity contribution >= 4 is 17.2 Å². The standard InChI is InChI=1S/C17H17N5O2S/c23-15-6-11(8-22(15)9-12-2-1-5-25-12)16-18-17(24-21-16)14-7-13(19-20-14)10-3-4-10/h1-2,5,7,10-11H,3-4,6,8-9H2,(H,19,20)/t11-/m1/s1. The summed E-state index contributed by atoms with van der Waals surface area (Å²) in [5.74, 6) is 1.73. The third-order valence-electron chi connectivity index (χ3n) is 4.78. The average Bonchev–Trinajstić information content (AvgIpc) is 3.09. The number of hydrogen-bond acceptors (Lipinski definition) is 6. The van der Waals surface area contributed by atoms with Gasteiger partial charge in [0.15, 0.2) is 11.5 Å². The Hall–Kier alpha value is -2.48. The summed E-state index contributed by atoms with van der Waals surface area (Å²) in [6.45, 7) is 1.28. The van der Waals surface area contributed by atoms with E-state index >= 15 is 0 Å². The summed E-state index contributed by atoms with van der Waals surface area (Å²) in [6, 6.07) is 6.04. The topological polar surface area (TPSA) is 87.9 Å². The minimum atomic E-state index is -0.0215. The van der Waals surface area contributed by atoms with Crippen molar-refractivity contribution in [1.82, 2.24) is 25.2 Å². The number of aromatic nitrogens is 4. The average molecular weight is 355 g/mol. The van der Waals surface area contributed by atoms with Crippen LogP contribution < -0.4 is 0 Å². The smallest absolute Gasteiger partial charge is 0.278 e. The Bertz CT molecular complexity index is 896. The fourth-order valence-electron chi connectivity index (χ4n) is 3.24. The van der Waals surface area contributed by atoms with Crippen LogP contribution in [0.2, 0.25) is 0 Å². The summed E-state index contributed by atoms with van der Waals surface area (Å²) in [7, 11) is 0. The lowest BCUT2D eigenvalue weighted by Gasteiger charge is -2.14. The third-order valence-corrected chi connectivity index (χ3v) is 5.64. The second-order valence-electron chi connectivity index (χ2n) is 6.70. The molecule has 128 valence electrons. The van der Waals surface area contributed by atoms with Gasteiger partial charge in [0.1, 0.15) is 0 Å². The maximum absolute atomic E-state index is 12.3. The summed E-state index contributed by atoms with van der Waals surface area (Å²) >= 11 is 1.66. The molecule has 8 heteroatoms. The van der Waals surface area contributed by atoms with Gasteiger partial charge < -0.3 is 9.42 Å². The van der Waals surface area contributed by atoms with Gasteiger partial charge in [-0.25, -0.2) is 0 Å². The summed E-state index contributed by atoms with van der Waals surface area (Å²) in [4.78, 5) is 19.8. The molecule has 1 aliphatic carbocycles. The highest BCUT2D eigenvalue weighted by molar-refractivity contribution is 7.09. The first-order valence-corrected chi connectivity index (χ1v) is 9.33. The van der Waals surface area contributed by atoms with Gasteiger partial charge in [-0.05, 0) is 30.4 Å². The number of aromatic amines is 1. The van der Waals surface area contributed by atoms with Gasteiger partial charge in [0, 0.05) is 35.4 Å². The molecular formula is C17H17N5O2S. The van der Waals surface area contributed by atoms with Gasteiger partial charge in [-0.2, -0.15) is 10.1 Å². The number of carbonyl (C=O) groups is 1. The van der Waals surface area contributed by atoms with Crippen LogP contribution >= 0.6 is 11.3 Å². The molecule has 1 N–H and O–H groups in total. The van der Waals surface area contributed by atoms with Crippen molar-refractivity contribution in [2.24, 2.45) is 0 Å². The minimum Gasteiger partial charge on any atom is -0.337 e. The number of carbonyl (C=O) groups excluding carboxylic acids is 1. The van der Waals surface area contributed by atoms with Crippen molar-refractivity contribution in [2.75, 3.05) is 6.54 Å². The number of hydrogen-bond donors (Lipinski definition) is 1. The fourth-order valence-corrected chi connectivity index (χ4v) is 3.96. The van der Waals surface area contributed by atoms with Gasteiger partial charge in [0.25, 0.3) is 5.89 Å². The number of nitrogens with one attached hydrogen (secondary N) is 1. The molecule has 3 aromatic rings. The van der Waals surface area contributed by atoms with E-state index in [1.165, 1.54) is 17.7 Å². The van der Waals surface area contributed by atoms with Crippen LogP contribution in [0.5, 0.6) is 0 Å². The molecule has 5 rings (SSSR count). The third kappa shape index (κ3) is 2.86.